The molecular weight excluding hydrogens is 500 g/mol. The van der Waals surface area contributed by atoms with Crippen molar-refractivity contribution in [2.45, 2.75) is 13.5 Å². The second-order valence-corrected chi connectivity index (χ2v) is 8.98. The Hall–Kier alpha value is -3.62. The van der Waals surface area contributed by atoms with Crippen molar-refractivity contribution in [3.8, 4) is 23.0 Å². The molecule has 1 heterocycles. The molecule has 0 aromatic heterocycles. The van der Waals surface area contributed by atoms with E-state index in [2.05, 4.69) is 10.3 Å². The van der Waals surface area contributed by atoms with Crippen LogP contribution >= 0.6 is 23.4 Å². The molecule has 7 nitrogen and oxygen atoms in total. The number of halogens is 1. The molecule has 1 amide bonds. The van der Waals surface area contributed by atoms with Crippen molar-refractivity contribution < 1.29 is 23.7 Å². The number of rotatable bonds is 9. The summed E-state index contributed by atoms with van der Waals surface area (Å²) in [5, 5.41) is 3.90. The summed E-state index contributed by atoms with van der Waals surface area (Å²) in [5.41, 5.74) is 2.26. The summed E-state index contributed by atoms with van der Waals surface area (Å²) >= 11 is 7.48. The summed E-state index contributed by atoms with van der Waals surface area (Å²) in [6.45, 7) is 2.69. The summed E-state index contributed by atoms with van der Waals surface area (Å²) in [6.07, 6.45) is 1.79. The maximum absolute atomic E-state index is 12.6. The van der Waals surface area contributed by atoms with E-state index in [0.29, 0.717) is 57.0 Å². The zero-order chi connectivity index (χ0) is 25.5. The maximum Gasteiger partial charge on any atom is 0.264 e. The molecular formula is C27H25ClN2O5S. The minimum atomic E-state index is -0.233. The predicted molar refractivity (Wildman–Crippen MR) is 144 cm³/mol. The van der Waals surface area contributed by atoms with Crippen molar-refractivity contribution in [1.82, 2.24) is 5.32 Å². The minimum Gasteiger partial charge on any atom is -0.497 e. The minimum absolute atomic E-state index is 0.233. The first-order valence-electron chi connectivity index (χ1n) is 11.2. The number of ether oxygens (including phenoxy) is 4. The van der Waals surface area contributed by atoms with Crippen LogP contribution in [0.4, 0.5) is 5.69 Å². The van der Waals surface area contributed by atoms with Crippen LogP contribution in [0.1, 0.15) is 18.1 Å². The molecule has 4 rings (SSSR count). The van der Waals surface area contributed by atoms with Gasteiger partial charge in [-0.1, -0.05) is 35.9 Å². The quantitative estimate of drug-likeness (QED) is 0.334. The van der Waals surface area contributed by atoms with E-state index in [-0.39, 0.29) is 5.91 Å². The highest BCUT2D eigenvalue weighted by atomic mass is 35.5. The van der Waals surface area contributed by atoms with Crippen LogP contribution in [0.3, 0.4) is 0 Å². The van der Waals surface area contributed by atoms with Crippen LogP contribution in [0.25, 0.3) is 6.08 Å². The number of thioether (sulfide) groups is 1. The van der Waals surface area contributed by atoms with Gasteiger partial charge < -0.3 is 24.3 Å². The maximum atomic E-state index is 12.6. The number of hydrogen-bond donors (Lipinski definition) is 1. The van der Waals surface area contributed by atoms with Gasteiger partial charge in [0.05, 0.1) is 25.7 Å². The lowest BCUT2D eigenvalue weighted by Gasteiger charge is -2.13. The van der Waals surface area contributed by atoms with Crippen molar-refractivity contribution in [2.24, 2.45) is 4.99 Å². The summed E-state index contributed by atoms with van der Waals surface area (Å²) in [5.74, 6) is 2.14. The van der Waals surface area contributed by atoms with E-state index in [1.807, 2.05) is 49.4 Å². The van der Waals surface area contributed by atoms with Crippen molar-refractivity contribution in [3.63, 3.8) is 0 Å². The number of carbonyl (C=O) groups excluding carboxylic acids is 1. The van der Waals surface area contributed by atoms with Crippen molar-refractivity contribution in [2.75, 3.05) is 20.8 Å². The number of amides is 1. The van der Waals surface area contributed by atoms with Gasteiger partial charge >= 0.3 is 0 Å². The highest BCUT2D eigenvalue weighted by Crippen LogP contribution is 2.36. The van der Waals surface area contributed by atoms with Crippen LogP contribution < -0.4 is 24.3 Å². The van der Waals surface area contributed by atoms with Gasteiger partial charge in [0.2, 0.25) is 0 Å². The average Bonchev–Trinajstić information content (AvgIpc) is 3.23. The normalized spacial score (nSPS) is 15.2. The summed E-state index contributed by atoms with van der Waals surface area (Å²) in [4.78, 5) is 17.6. The van der Waals surface area contributed by atoms with Gasteiger partial charge in [0, 0.05) is 16.7 Å². The topological polar surface area (TPSA) is 78.4 Å². The van der Waals surface area contributed by atoms with Gasteiger partial charge in [-0.2, -0.15) is 0 Å². The van der Waals surface area contributed by atoms with Crippen molar-refractivity contribution in [1.29, 1.82) is 0 Å². The lowest BCUT2D eigenvalue weighted by Crippen LogP contribution is -2.19. The number of nitrogens with one attached hydrogen (secondary N) is 1. The van der Waals surface area contributed by atoms with Crippen LogP contribution in [-0.4, -0.2) is 31.9 Å². The summed E-state index contributed by atoms with van der Waals surface area (Å²) in [6, 6.07) is 18.4. The van der Waals surface area contributed by atoms with Crippen molar-refractivity contribution in [3.05, 3.63) is 81.7 Å². The molecule has 0 radical (unpaired) electrons. The van der Waals surface area contributed by atoms with Crippen LogP contribution in [-0.2, 0) is 11.4 Å². The first kappa shape index (κ1) is 25.5. The number of carbonyl (C=O) groups is 1. The molecule has 1 saturated heterocycles. The molecule has 0 spiro atoms. The first-order valence-corrected chi connectivity index (χ1v) is 12.3. The number of nitrogens with zero attached hydrogens (tertiary/aromatic N) is 1. The molecule has 0 aliphatic carbocycles. The van der Waals surface area contributed by atoms with Gasteiger partial charge in [-0.3, -0.25) is 4.79 Å². The molecule has 9 heteroatoms. The molecule has 0 unspecified atom stereocenters. The Morgan fingerprint density at radius 2 is 1.81 bits per heavy atom. The Labute approximate surface area is 219 Å². The smallest absolute Gasteiger partial charge is 0.264 e. The van der Waals surface area contributed by atoms with E-state index >= 15 is 0 Å². The van der Waals surface area contributed by atoms with Crippen LogP contribution in [0.5, 0.6) is 23.0 Å². The fourth-order valence-corrected chi connectivity index (χ4v) is 4.42. The molecule has 1 fully saturated rings. The monoisotopic (exact) mass is 524 g/mol. The molecule has 0 saturated carbocycles. The van der Waals surface area contributed by atoms with E-state index in [4.69, 9.17) is 30.5 Å². The van der Waals surface area contributed by atoms with Crippen LogP contribution in [0, 0.1) is 0 Å². The molecule has 3 aromatic rings. The Kier molecular flexibility index (Phi) is 8.40. The molecule has 36 heavy (non-hydrogen) atoms. The summed E-state index contributed by atoms with van der Waals surface area (Å²) < 4.78 is 22.4. The Morgan fingerprint density at radius 1 is 0.972 bits per heavy atom. The third-order valence-electron chi connectivity index (χ3n) is 5.17. The lowest BCUT2D eigenvalue weighted by molar-refractivity contribution is -0.115. The zero-order valence-corrected chi connectivity index (χ0v) is 21.6. The number of benzene rings is 3. The van der Waals surface area contributed by atoms with E-state index in [9.17, 15) is 4.79 Å². The van der Waals surface area contributed by atoms with E-state index < -0.39 is 0 Å². The van der Waals surface area contributed by atoms with Gasteiger partial charge in [-0.15, -0.1) is 0 Å². The summed E-state index contributed by atoms with van der Waals surface area (Å²) in [7, 11) is 3.14. The van der Waals surface area contributed by atoms with Gasteiger partial charge in [0.15, 0.2) is 16.7 Å². The highest BCUT2D eigenvalue weighted by molar-refractivity contribution is 8.18. The van der Waals surface area contributed by atoms with Gasteiger partial charge in [0.25, 0.3) is 5.91 Å². The third kappa shape index (κ3) is 6.13. The second kappa shape index (κ2) is 11.9. The standard InChI is InChI=1S/C27H25ClN2O5S/c1-4-34-24-13-17(9-12-22(24)35-16-18-7-5-6-8-20(18)28)14-25-26(31)30-27(36-25)29-21-11-10-19(32-2)15-23(21)33-3/h5-15H,4,16H2,1-3H3,(H,29,30,31). The number of aliphatic imine (C=N–C) groups is 1. The number of methoxy groups -OCH3 is 2. The fraction of sp³-hybridized carbons (Fsp3) is 0.185. The molecule has 186 valence electrons. The van der Waals surface area contributed by atoms with Gasteiger partial charge in [-0.05, 0) is 60.7 Å². The molecule has 1 N–H and O–H groups in total. The Bertz CT molecular complexity index is 1330. The molecule has 1 aliphatic heterocycles. The number of hydrogen-bond acceptors (Lipinski definition) is 7. The SMILES string of the molecule is CCOc1cc(C=C2SC(=Nc3ccc(OC)cc3OC)NC2=O)ccc1OCc1ccccc1Cl. The predicted octanol–water partition coefficient (Wildman–Crippen LogP) is 6.23. The third-order valence-corrected chi connectivity index (χ3v) is 6.44. The Morgan fingerprint density at radius 3 is 2.56 bits per heavy atom. The van der Waals surface area contributed by atoms with E-state index in [0.717, 1.165) is 11.1 Å². The number of amidine groups is 1. The second-order valence-electron chi connectivity index (χ2n) is 7.54. The van der Waals surface area contributed by atoms with Gasteiger partial charge in [-0.25, -0.2) is 4.99 Å². The Balaban J connectivity index is 1.53. The van der Waals surface area contributed by atoms with Crippen molar-refractivity contribution >= 4 is 46.2 Å². The average molecular weight is 525 g/mol. The van der Waals surface area contributed by atoms with Gasteiger partial charge in [0.1, 0.15) is 23.8 Å². The zero-order valence-electron chi connectivity index (χ0n) is 20.0. The van der Waals surface area contributed by atoms with Crippen LogP contribution in [0.2, 0.25) is 5.02 Å². The molecule has 0 bridgehead atoms. The van der Waals surface area contributed by atoms with Crippen LogP contribution in [0.15, 0.2) is 70.6 Å². The van der Waals surface area contributed by atoms with E-state index in [1.54, 1.807) is 38.5 Å². The molecule has 3 aromatic carbocycles. The first-order chi connectivity index (χ1) is 17.5. The lowest BCUT2D eigenvalue weighted by atomic mass is 10.2. The largest absolute Gasteiger partial charge is 0.497 e. The molecule has 1 aliphatic rings. The fourth-order valence-electron chi connectivity index (χ4n) is 3.39. The molecule has 0 atom stereocenters. The van der Waals surface area contributed by atoms with E-state index in [1.165, 1.54) is 11.8 Å². The highest BCUT2D eigenvalue weighted by Gasteiger charge is 2.24.